The average molecular weight is 392 g/mol. The second kappa shape index (κ2) is 7.40. The standard InChI is InChI=1S/C20H25FN2O3S/c1-13-9-10-15(20(2,3)4)12-17(13)27(25,26)23(5)18(19(22)24)14-7-6-8-16(21)11-14/h6-12,18H,1-5H3,(H2,22,24). The molecule has 0 bridgehead atoms. The zero-order valence-corrected chi connectivity index (χ0v) is 17.0. The summed E-state index contributed by atoms with van der Waals surface area (Å²) in [6.45, 7) is 7.64. The summed E-state index contributed by atoms with van der Waals surface area (Å²) >= 11 is 0. The Morgan fingerprint density at radius 3 is 2.30 bits per heavy atom. The first kappa shape index (κ1) is 21.1. The van der Waals surface area contributed by atoms with Crippen molar-refractivity contribution >= 4 is 15.9 Å². The lowest BCUT2D eigenvalue weighted by Gasteiger charge is -2.27. The zero-order chi connectivity index (χ0) is 20.6. The molecule has 0 aliphatic heterocycles. The number of nitrogens with two attached hydrogens (primary N) is 1. The Morgan fingerprint density at radius 1 is 1.15 bits per heavy atom. The van der Waals surface area contributed by atoms with Crippen LogP contribution in [0.2, 0.25) is 0 Å². The molecular weight excluding hydrogens is 367 g/mol. The number of carbonyl (C=O) groups is 1. The average Bonchev–Trinajstić information content (AvgIpc) is 2.53. The van der Waals surface area contributed by atoms with Crippen LogP contribution in [0.4, 0.5) is 4.39 Å². The van der Waals surface area contributed by atoms with Gasteiger partial charge in [-0.3, -0.25) is 4.79 Å². The van der Waals surface area contributed by atoms with Crippen LogP contribution in [-0.2, 0) is 20.2 Å². The molecule has 1 atom stereocenters. The van der Waals surface area contributed by atoms with Crippen molar-refractivity contribution in [3.05, 3.63) is 65.0 Å². The minimum atomic E-state index is -4.05. The second-order valence-corrected chi connectivity index (χ2v) is 9.58. The van der Waals surface area contributed by atoms with Gasteiger partial charge in [-0.25, -0.2) is 12.8 Å². The highest BCUT2D eigenvalue weighted by atomic mass is 32.2. The fourth-order valence-electron chi connectivity index (χ4n) is 2.87. The van der Waals surface area contributed by atoms with E-state index in [9.17, 15) is 17.6 Å². The predicted molar refractivity (Wildman–Crippen MR) is 103 cm³/mol. The van der Waals surface area contributed by atoms with E-state index < -0.39 is 27.8 Å². The first-order valence-corrected chi connectivity index (χ1v) is 9.93. The SMILES string of the molecule is Cc1ccc(C(C)(C)C)cc1S(=O)(=O)N(C)C(C(N)=O)c1cccc(F)c1. The van der Waals surface area contributed by atoms with E-state index in [1.54, 1.807) is 19.1 Å². The number of hydrogen-bond donors (Lipinski definition) is 1. The molecule has 7 heteroatoms. The van der Waals surface area contributed by atoms with E-state index >= 15 is 0 Å². The van der Waals surface area contributed by atoms with Gasteiger partial charge < -0.3 is 5.73 Å². The van der Waals surface area contributed by atoms with Gasteiger partial charge in [0.2, 0.25) is 15.9 Å². The van der Waals surface area contributed by atoms with Crippen molar-refractivity contribution < 1.29 is 17.6 Å². The fourth-order valence-corrected chi connectivity index (χ4v) is 4.43. The quantitative estimate of drug-likeness (QED) is 0.848. The molecular formula is C20H25FN2O3S. The summed E-state index contributed by atoms with van der Waals surface area (Å²) in [5, 5.41) is 0. The van der Waals surface area contributed by atoms with Crippen LogP contribution in [0.5, 0.6) is 0 Å². The van der Waals surface area contributed by atoms with Crippen molar-refractivity contribution in [2.24, 2.45) is 5.73 Å². The Labute approximate surface area is 160 Å². The lowest BCUT2D eigenvalue weighted by molar-refractivity contribution is -0.121. The molecule has 27 heavy (non-hydrogen) atoms. The van der Waals surface area contributed by atoms with E-state index in [4.69, 9.17) is 5.73 Å². The highest BCUT2D eigenvalue weighted by molar-refractivity contribution is 7.89. The molecule has 2 rings (SSSR count). The monoisotopic (exact) mass is 392 g/mol. The molecule has 0 saturated carbocycles. The zero-order valence-electron chi connectivity index (χ0n) is 16.2. The van der Waals surface area contributed by atoms with E-state index in [-0.39, 0.29) is 15.9 Å². The van der Waals surface area contributed by atoms with Gasteiger partial charge >= 0.3 is 0 Å². The van der Waals surface area contributed by atoms with Crippen LogP contribution >= 0.6 is 0 Å². The number of amides is 1. The summed E-state index contributed by atoms with van der Waals surface area (Å²) < 4.78 is 41.0. The number of hydrogen-bond acceptors (Lipinski definition) is 3. The highest BCUT2D eigenvalue weighted by Gasteiger charge is 2.34. The molecule has 2 aromatic carbocycles. The van der Waals surface area contributed by atoms with Crippen LogP contribution in [-0.4, -0.2) is 25.7 Å². The van der Waals surface area contributed by atoms with Crippen LogP contribution in [0.3, 0.4) is 0 Å². The van der Waals surface area contributed by atoms with Gasteiger partial charge in [-0.15, -0.1) is 0 Å². The Morgan fingerprint density at radius 2 is 1.78 bits per heavy atom. The number of nitrogens with zero attached hydrogens (tertiary/aromatic N) is 1. The van der Waals surface area contributed by atoms with Gasteiger partial charge in [0.25, 0.3) is 0 Å². The maximum Gasteiger partial charge on any atom is 0.244 e. The van der Waals surface area contributed by atoms with E-state index in [0.717, 1.165) is 15.9 Å². The van der Waals surface area contributed by atoms with Gasteiger partial charge in [-0.2, -0.15) is 4.31 Å². The summed E-state index contributed by atoms with van der Waals surface area (Å²) in [7, 11) is -2.77. The molecule has 2 aromatic rings. The summed E-state index contributed by atoms with van der Waals surface area (Å²) in [6.07, 6.45) is 0. The van der Waals surface area contributed by atoms with Gasteiger partial charge in [0.05, 0.1) is 4.90 Å². The summed E-state index contributed by atoms with van der Waals surface area (Å²) in [5.74, 6) is -1.45. The van der Waals surface area contributed by atoms with Crippen LogP contribution < -0.4 is 5.73 Å². The molecule has 0 aliphatic rings. The Bertz CT molecular complexity index is 965. The minimum absolute atomic E-state index is 0.0973. The Hall–Kier alpha value is -2.25. The largest absolute Gasteiger partial charge is 0.368 e. The maximum absolute atomic E-state index is 13.6. The third-order valence-corrected chi connectivity index (χ3v) is 6.47. The van der Waals surface area contributed by atoms with Crippen LogP contribution in [0, 0.1) is 12.7 Å². The first-order chi connectivity index (χ1) is 12.4. The smallest absolute Gasteiger partial charge is 0.244 e. The number of aryl methyl sites for hydroxylation is 1. The lowest BCUT2D eigenvalue weighted by Crippen LogP contribution is -2.39. The van der Waals surface area contributed by atoms with Crippen molar-refractivity contribution in [1.82, 2.24) is 4.31 Å². The lowest BCUT2D eigenvalue weighted by atomic mass is 9.87. The van der Waals surface area contributed by atoms with Gasteiger partial charge in [0.15, 0.2) is 0 Å². The number of halogens is 1. The second-order valence-electron chi connectivity index (χ2n) is 7.61. The third kappa shape index (κ3) is 4.36. The highest BCUT2D eigenvalue weighted by Crippen LogP contribution is 2.31. The molecule has 0 fully saturated rings. The number of primary amides is 1. The molecule has 0 radical (unpaired) electrons. The molecule has 5 nitrogen and oxygen atoms in total. The number of carbonyl (C=O) groups excluding carboxylic acids is 1. The van der Waals surface area contributed by atoms with E-state index in [2.05, 4.69) is 0 Å². The molecule has 0 saturated heterocycles. The molecule has 0 aromatic heterocycles. The van der Waals surface area contributed by atoms with Gasteiger partial charge in [-0.1, -0.05) is 45.0 Å². The topological polar surface area (TPSA) is 80.5 Å². The molecule has 1 amide bonds. The molecule has 1 unspecified atom stereocenters. The van der Waals surface area contributed by atoms with Crippen LogP contribution in [0.15, 0.2) is 47.4 Å². The van der Waals surface area contributed by atoms with E-state index in [1.807, 2.05) is 26.8 Å². The summed E-state index contributed by atoms with van der Waals surface area (Å²) in [5.41, 5.74) is 6.80. The number of rotatable bonds is 5. The predicted octanol–water partition coefficient (Wildman–Crippen LogP) is 3.28. The molecule has 0 heterocycles. The molecule has 2 N–H and O–H groups in total. The Balaban J connectivity index is 2.59. The molecule has 0 spiro atoms. The van der Waals surface area contributed by atoms with Crippen molar-refractivity contribution in [2.75, 3.05) is 7.05 Å². The van der Waals surface area contributed by atoms with Crippen molar-refractivity contribution in [2.45, 2.75) is 44.0 Å². The molecule has 0 aliphatic carbocycles. The summed E-state index contributed by atoms with van der Waals surface area (Å²) in [6, 6.07) is 9.13. The van der Waals surface area contributed by atoms with E-state index in [1.165, 1.54) is 25.2 Å². The van der Waals surface area contributed by atoms with Gasteiger partial charge in [0.1, 0.15) is 11.9 Å². The summed E-state index contributed by atoms with van der Waals surface area (Å²) in [4.78, 5) is 12.1. The number of benzene rings is 2. The Kier molecular flexibility index (Phi) is 5.77. The third-order valence-electron chi connectivity index (χ3n) is 4.51. The van der Waals surface area contributed by atoms with Crippen molar-refractivity contribution in [1.29, 1.82) is 0 Å². The molecule has 146 valence electrons. The fraction of sp³-hybridized carbons (Fsp3) is 0.350. The van der Waals surface area contributed by atoms with Gasteiger partial charge in [0, 0.05) is 7.05 Å². The van der Waals surface area contributed by atoms with Crippen molar-refractivity contribution in [3.8, 4) is 0 Å². The van der Waals surface area contributed by atoms with Crippen LogP contribution in [0.1, 0.15) is 43.5 Å². The first-order valence-electron chi connectivity index (χ1n) is 8.49. The van der Waals surface area contributed by atoms with Crippen LogP contribution in [0.25, 0.3) is 0 Å². The van der Waals surface area contributed by atoms with Crippen molar-refractivity contribution in [3.63, 3.8) is 0 Å². The number of likely N-dealkylation sites (N-methyl/N-ethyl adjacent to an activating group) is 1. The normalized spacial score (nSPS) is 13.6. The minimum Gasteiger partial charge on any atom is -0.368 e. The van der Waals surface area contributed by atoms with Gasteiger partial charge in [-0.05, 0) is 47.2 Å². The number of sulfonamides is 1. The maximum atomic E-state index is 13.6. The van der Waals surface area contributed by atoms with E-state index in [0.29, 0.717) is 5.56 Å².